The lowest BCUT2D eigenvalue weighted by atomic mass is 10.1. The Morgan fingerprint density at radius 1 is 1.23 bits per heavy atom. The molecule has 3 aromatic rings. The van der Waals surface area contributed by atoms with E-state index in [9.17, 15) is 4.79 Å². The Kier molecular flexibility index (Phi) is 5.83. The molecule has 136 valence electrons. The van der Waals surface area contributed by atoms with Gasteiger partial charge in [0, 0.05) is 10.9 Å². The molecule has 2 heterocycles. The van der Waals surface area contributed by atoms with Crippen LogP contribution in [0.1, 0.15) is 29.3 Å². The number of carbonyl (C=O) groups is 1. The van der Waals surface area contributed by atoms with Crippen molar-refractivity contribution >= 4 is 27.5 Å². The summed E-state index contributed by atoms with van der Waals surface area (Å²) in [5.74, 6) is 0.339. The Bertz CT molecular complexity index is 893. The molecule has 26 heavy (non-hydrogen) atoms. The summed E-state index contributed by atoms with van der Waals surface area (Å²) < 4.78 is 5.68. The maximum Gasteiger partial charge on any atom is 0.258 e. The summed E-state index contributed by atoms with van der Waals surface area (Å²) in [6.45, 7) is 6.04. The van der Waals surface area contributed by atoms with Gasteiger partial charge in [-0.2, -0.15) is 0 Å². The van der Waals surface area contributed by atoms with Crippen molar-refractivity contribution in [3.63, 3.8) is 0 Å². The molecule has 1 amide bonds. The number of amides is 1. The maximum atomic E-state index is 12.2. The fraction of sp³-hybridized carbons (Fsp3) is 0.350. The van der Waals surface area contributed by atoms with Crippen molar-refractivity contribution < 1.29 is 9.53 Å². The summed E-state index contributed by atoms with van der Waals surface area (Å²) in [5, 5.41) is 3.89. The maximum absolute atomic E-state index is 12.2. The third kappa shape index (κ3) is 4.38. The van der Waals surface area contributed by atoms with Gasteiger partial charge in [0.25, 0.3) is 5.91 Å². The van der Waals surface area contributed by atoms with Crippen LogP contribution in [-0.2, 0) is 11.2 Å². The number of hydrogen-bond acceptors (Lipinski definition) is 5. The number of aryl methyl sites for hydroxylation is 3. The highest BCUT2D eigenvalue weighted by atomic mass is 32.1. The molecule has 0 saturated heterocycles. The van der Waals surface area contributed by atoms with Crippen molar-refractivity contribution in [1.82, 2.24) is 15.3 Å². The molecule has 0 unspecified atom stereocenters. The zero-order valence-corrected chi connectivity index (χ0v) is 16.1. The van der Waals surface area contributed by atoms with Gasteiger partial charge in [0.2, 0.25) is 5.88 Å². The van der Waals surface area contributed by atoms with Gasteiger partial charge in [-0.1, -0.05) is 30.3 Å². The van der Waals surface area contributed by atoms with Crippen LogP contribution in [0.15, 0.2) is 36.7 Å². The average Bonchev–Trinajstić information content (AvgIpc) is 2.94. The van der Waals surface area contributed by atoms with Gasteiger partial charge in [0.1, 0.15) is 11.2 Å². The lowest BCUT2D eigenvalue weighted by molar-refractivity contribution is -0.123. The molecule has 0 fully saturated rings. The number of fused-ring (bicyclic) bond motifs is 1. The quantitative estimate of drug-likeness (QED) is 0.687. The SMILES string of the molecule is Cc1sc2ncnc(OCC(=O)N[C@H](C)CCc3ccccc3)c2c1C. The number of nitrogens with zero attached hydrogens (tertiary/aromatic N) is 2. The first-order valence-corrected chi connectivity index (χ1v) is 9.53. The van der Waals surface area contributed by atoms with Gasteiger partial charge in [0.05, 0.1) is 5.39 Å². The van der Waals surface area contributed by atoms with E-state index in [0.717, 1.165) is 28.6 Å². The fourth-order valence-electron chi connectivity index (χ4n) is 2.81. The molecule has 6 heteroatoms. The van der Waals surface area contributed by atoms with E-state index in [4.69, 9.17) is 4.74 Å². The number of thiophene rings is 1. The van der Waals surface area contributed by atoms with Crippen molar-refractivity contribution in [3.8, 4) is 5.88 Å². The summed E-state index contributed by atoms with van der Waals surface area (Å²) in [4.78, 5) is 22.7. The molecule has 0 bridgehead atoms. The first-order chi connectivity index (χ1) is 12.5. The van der Waals surface area contributed by atoms with Crippen LogP contribution in [0.25, 0.3) is 10.2 Å². The minimum absolute atomic E-state index is 0.0455. The second-order valence-electron chi connectivity index (χ2n) is 6.42. The zero-order chi connectivity index (χ0) is 18.5. The topological polar surface area (TPSA) is 64.1 Å². The third-order valence-electron chi connectivity index (χ3n) is 4.39. The predicted molar refractivity (Wildman–Crippen MR) is 105 cm³/mol. The van der Waals surface area contributed by atoms with E-state index in [-0.39, 0.29) is 18.6 Å². The Morgan fingerprint density at radius 3 is 2.77 bits per heavy atom. The Labute approximate surface area is 157 Å². The summed E-state index contributed by atoms with van der Waals surface area (Å²) in [5.41, 5.74) is 2.38. The highest BCUT2D eigenvalue weighted by molar-refractivity contribution is 7.18. The number of ether oxygens (including phenoxy) is 1. The van der Waals surface area contributed by atoms with Crippen LogP contribution in [0.5, 0.6) is 5.88 Å². The van der Waals surface area contributed by atoms with Gasteiger partial charge in [-0.05, 0) is 44.7 Å². The van der Waals surface area contributed by atoms with Crippen molar-refractivity contribution in [1.29, 1.82) is 0 Å². The smallest absolute Gasteiger partial charge is 0.258 e. The van der Waals surface area contributed by atoms with E-state index in [2.05, 4.69) is 27.4 Å². The second kappa shape index (κ2) is 8.27. The molecule has 0 saturated carbocycles. The standard InChI is InChI=1S/C20H23N3O2S/c1-13(9-10-16-7-5-4-6-8-16)23-17(24)11-25-19-18-14(2)15(3)26-20(18)22-12-21-19/h4-8,12-13H,9-11H2,1-3H3,(H,23,24)/t13-/m1/s1. The average molecular weight is 369 g/mol. The van der Waals surface area contributed by atoms with Crippen molar-refractivity contribution in [2.75, 3.05) is 6.61 Å². The van der Waals surface area contributed by atoms with E-state index in [1.165, 1.54) is 16.8 Å². The van der Waals surface area contributed by atoms with Crippen molar-refractivity contribution in [3.05, 3.63) is 52.7 Å². The van der Waals surface area contributed by atoms with Crippen LogP contribution in [0, 0.1) is 13.8 Å². The predicted octanol–water partition coefficient (Wildman–Crippen LogP) is 3.82. The van der Waals surface area contributed by atoms with Gasteiger partial charge < -0.3 is 10.1 Å². The highest BCUT2D eigenvalue weighted by Crippen LogP contribution is 2.33. The van der Waals surface area contributed by atoms with Crippen LogP contribution in [0.3, 0.4) is 0 Å². The summed E-state index contributed by atoms with van der Waals surface area (Å²) in [6, 6.07) is 10.4. The van der Waals surface area contributed by atoms with Crippen molar-refractivity contribution in [2.24, 2.45) is 0 Å². The van der Waals surface area contributed by atoms with Crippen LogP contribution < -0.4 is 10.1 Å². The molecule has 0 aliphatic heterocycles. The number of rotatable bonds is 7. The molecule has 0 aliphatic rings. The first kappa shape index (κ1) is 18.3. The number of aromatic nitrogens is 2. The Morgan fingerprint density at radius 2 is 2.00 bits per heavy atom. The monoisotopic (exact) mass is 369 g/mol. The molecular weight excluding hydrogens is 346 g/mol. The molecule has 1 aromatic carbocycles. The van der Waals surface area contributed by atoms with Gasteiger partial charge in [-0.25, -0.2) is 9.97 Å². The van der Waals surface area contributed by atoms with Crippen molar-refractivity contribution in [2.45, 2.75) is 39.7 Å². The number of benzene rings is 1. The molecule has 0 spiro atoms. The highest BCUT2D eigenvalue weighted by Gasteiger charge is 2.15. The fourth-order valence-corrected chi connectivity index (χ4v) is 3.80. The molecular formula is C20H23N3O2S. The van der Waals surface area contributed by atoms with Gasteiger partial charge in [0.15, 0.2) is 6.61 Å². The van der Waals surface area contributed by atoms with Crippen LogP contribution in [0.2, 0.25) is 0 Å². The van der Waals surface area contributed by atoms with E-state index in [1.807, 2.05) is 39.0 Å². The molecule has 1 atom stereocenters. The lowest BCUT2D eigenvalue weighted by Gasteiger charge is -2.14. The molecule has 1 N–H and O–H groups in total. The molecule has 5 nitrogen and oxygen atoms in total. The number of nitrogens with one attached hydrogen (secondary N) is 1. The lowest BCUT2D eigenvalue weighted by Crippen LogP contribution is -2.36. The van der Waals surface area contributed by atoms with Gasteiger partial charge in [-0.15, -0.1) is 11.3 Å². The van der Waals surface area contributed by atoms with E-state index < -0.39 is 0 Å². The Balaban J connectivity index is 1.53. The van der Waals surface area contributed by atoms with Gasteiger partial charge >= 0.3 is 0 Å². The summed E-state index contributed by atoms with van der Waals surface area (Å²) >= 11 is 1.61. The number of carbonyl (C=O) groups excluding carboxylic acids is 1. The Hall–Kier alpha value is -2.47. The van der Waals surface area contributed by atoms with Crippen LogP contribution in [-0.4, -0.2) is 28.5 Å². The summed E-state index contributed by atoms with van der Waals surface area (Å²) in [6.07, 6.45) is 3.30. The van der Waals surface area contributed by atoms with E-state index in [1.54, 1.807) is 11.3 Å². The molecule has 0 aliphatic carbocycles. The third-order valence-corrected chi connectivity index (χ3v) is 5.50. The largest absolute Gasteiger partial charge is 0.467 e. The van der Waals surface area contributed by atoms with Crippen LogP contribution >= 0.6 is 11.3 Å². The minimum atomic E-state index is -0.137. The summed E-state index contributed by atoms with van der Waals surface area (Å²) in [7, 11) is 0. The normalized spacial score (nSPS) is 12.1. The minimum Gasteiger partial charge on any atom is -0.467 e. The second-order valence-corrected chi connectivity index (χ2v) is 7.63. The zero-order valence-electron chi connectivity index (χ0n) is 15.3. The van der Waals surface area contributed by atoms with E-state index >= 15 is 0 Å². The number of hydrogen-bond donors (Lipinski definition) is 1. The van der Waals surface area contributed by atoms with Gasteiger partial charge in [-0.3, -0.25) is 4.79 Å². The molecule has 2 aromatic heterocycles. The molecule has 3 rings (SSSR count). The first-order valence-electron chi connectivity index (χ1n) is 8.71. The van der Waals surface area contributed by atoms with Crippen LogP contribution in [0.4, 0.5) is 0 Å². The molecule has 0 radical (unpaired) electrons. The van der Waals surface area contributed by atoms with E-state index in [0.29, 0.717) is 5.88 Å².